The number of alkyl halides is 1. The molecule has 5 nitrogen and oxygen atoms in total. The van der Waals surface area contributed by atoms with E-state index in [0.717, 1.165) is 38.3 Å². The largest absolute Gasteiger partial charge is 0.412 e. The maximum Gasteiger partial charge on any atom is 0.0789 e. The van der Waals surface area contributed by atoms with Crippen molar-refractivity contribution in [2.75, 3.05) is 33.3 Å². The number of ether oxygens (including phenoxy) is 1. The summed E-state index contributed by atoms with van der Waals surface area (Å²) in [4.78, 5) is 2.66. The van der Waals surface area contributed by atoms with Crippen molar-refractivity contribution in [2.45, 2.75) is 63.5 Å². The van der Waals surface area contributed by atoms with Gasteiger partial charge in [0, 0.05) is 19.7 Å². The van der Waals surface area contributed by atoms with E-state index in [1.165, 1.54) is 37.1 Å². The summed E-state index contributed by atoms with van der Waals surface area (Å²) >= 11 is 6.18. The zero-order valence-corrected chi connectivity index (χ0v) is 20.2. The Hall–Kier alpha value is -0.950. The van der Waals surface area contributed by atoms with Crippen LogP contribution in [0.1, 0.15) is 46.0 Å². The van der Waals surface area contributed by atoms with Gasteiger partial charge in [-0.1, -0.05) is 55.9 Å². The number of rotatable bonds is 9. The third-order valence-electron chi connectivity index (χ3n) is 6.66. The minimum absolute atomic E-state index is 0. The molecule has 0 spiro atoms. The summed E-state index contributed by atoms with van der Waals surface area (Å²) in [7, 11) is 1.78. The normalized spacial score (nSPS) is 25.5. The summed E-state index contributed by atoms with van der Waals surface area (Å²) in [5, 5.41) is 4.03. The first-order chi connectivity index (χ1) is 14.0. The second kappa shape index (κ2) is 14.2. The summed E-state index contributed by atoms with van der Waals surface area (Å²) in [6, 6.07) is 0.553. The molecule has 0 saturated carbocycles. The molecule has 0 amide bonds. The molecule has 0 aromatic carbocycles. The molecule has 1 fully saturated rings. The van der Waals surface area contributed by atoms with Crippen LogP contribution in [0, 0.1) is 11.8 Å². The Balaban J connectivity index is 0.00000240. The first-order valence-corrected chi connectivity index (χ1v) is 11.9. The quantitative estimate of drug-likeness (QED) is 0.541. The van der Waals surface area contributed by atoms with Gasteiger partial charge in [0.25, 0.3) is 0 Å². The third kappa shape index (κ3) is 8.83. The molecule has 6 heteroatoms. The van der Waals surface area contributed by atoms with Crippen LogP contribution in [0.2, 0.25) is 0 Å². The highest BCUT2D eigenvalue weighted by atomic mass is 35.5. The Kier molecular flexibility index (Phi) is 12.9. The number of halogens is 1. The lowest BCUT2D eigenvalue weighted by Gasteiger charge is -2.36. The van der Waals surface area contributed by atoms with Crippen LogP contribution in [0.3, 0.4) is 0 Å². The predicted octanol–water partition coefficient (Wildman–Crippen LogP) is 3.45. The van der Waals surface area contributed by atoms with Crippen LogP contribution >= 0.6 is 11.6 Å². The summed E-state index contributed by atoms with van der Waals surface area (Å²) in [6.07, 6.45) is 19.4. The van der Waals surface area contributed by atoms with Crippen molar-refractivity contribution in [1.82, 2.24) is 10.2 Å². The van der Waals surface area contributed by atoms with Gasteiger partial charge in [0.15, 0.2) is 0 Å². The maximum absolute atomic E-state index is 6.18. The van der Waals surface area contributed by atoms with Crippen molar-refractivity contribution in [3.05, 3.63) is 47.6 Å². The van der Waals surface area contributed by atoms with E-state index < -0.39 is 0 Å². The third-order valence-corrected chi connectivity index (χ3v) is 6.98. The second-order valence-corrected chi connectivity index (χ2v) is 9.65. The summed E-state index contributed by atoms with van der Waals surface area (Å²) in [6.45, 7) is 9.30. The fourth-order valence-corrected chi connectivity index (χ4v) is 4.72. The lowest BCUT2D eigenvalue weighted by atomic mass is 9.86. The Labute approximate surface area is 193 Å². The van der Waals surface area contributed by atoms with Gasteiger partial charge in [-0.05, 0) is 69.1 Å². The average molecular weight is 455 g/mol. The summed E-state index contributed by atoms with van der Waals surface area (Å²) in [5.74, 6) is 1.36. The van der Waals surface area contributed by atoms with E-state index in [9.17, 15) is 0 Å². The second-order valence-electron chi connectivity index (χ2n) is 9.09. The highest BCUT2D eigenvalue weighted by molar-refractivity contribution is 6.22. The molecule has 2 unspecified atom stereocenters. The van der Waals surface area contributed by atoms with Gasteiger partial charge < -0.3 is 25.9 Å². The standard InChI is InChI=1S/C25H39ClN2O.2H2O/c1-19(2)25(27-15-12-20-4-10-24(29-3)11-5-20)18-28-16-13-22(14-17-28)21-6-8-23(26)9-7-21;;/h4-8,10,19,22-25,27H,9,11-18H2,1-3H3;2*1H2/t23?,24?,25-;;/m0../s1. The molecule has 178 valence electrons. The highest BCUT2D eigenvalue weighted by Crippen LogP contribution is 2.29. The molecule has 0 radical (unpaired) electrons. The Bertz CT molecular complexity index is 637. The van der Waals surface area contributed by atoms with E-state index in [0.29, 0.717) is 12.0 Å². The Morgan fingerprint density at radius 3 is 2.39 bits per heavy atom. The fraction of sp³-hybridized carbons (Fsp3) is 0.680. The molecule has 1 aliphatic heterocycles. The molecule has 3 aliphatic rings. The molecular weight excluding hydrogens is 412 g/mol. The van der Waals surface area contributed by atoms with Gasteiger partial charge in [-0.15, -0.1) is 11.6 Å². The van der Waals surface area contributed by atoms with Crippen LogP contribution in [0.4, 0.5) is 0 Å². The Morgan fingerprint density at radius 2 is 1.84 bits per heavy atom. The molecule has 0 bridgehead atoms. The van der Waals surface area contributed by atoms with Gasteiger partial charge in [0.1, 0.15) is 0 Å². The number of hydrogen-bond acceptors (Lipinski definition) is 3. The molecule has 2 aliphatic carbocycles. The Morgan fingerprint density at radius 1 is 1.10 bits per heavy atom. The van der Waals surface area contributed by atoms with Gasteiger partial charge in [-0.3, -0.25) is 0 Å². The number of hydrogen-bond donors (Lipinski definition) is 1. The first kappa shape index (κ1) is 28.1. The van der Waals surface area contributed by atoms with Crippen LogP contribution in [-0.2, 0) is 4.74 Å². The van der Waals surface area contributed by atoms with Crippen molar-refractivity contribution in [3.8, 4) is 0 Å². The van der Waals surface area contributed by atoms with Crippen LogP contribution in [-0.4, -0.2) is 66.7 Å². The minimum atomic E-state index is 0. The fourth-order valence-electron chi connectivity index (χ4n) is 4.56. The smallest absolute Gasteiger partial charge is 0.0789 e. The molecule has 3 rings (SSSR count). The zero-order valence-electron chi connectivity index (χ0n) is 19.4. The van der Waals surface area contributed by atoms with Crippen LogP contribution in [0.15, 0.2) is 47.6 Å². The van der Waals surface area contributed by atoms with Crippen LogP contribution in [0.25, 0.3) is 0 Å². The summed E-state index contributed by atoms with van der Waals surface area (Å²) in [5.41, 5.74) is 2.95. The molecule has 3 atom stereocenters. The first-order valence-electron chi connectivity index (χ1n) is 11.4. The van der Waals surface area contributed by atoms with Gasteiger partial charge in [-0.25, -0.2) is 0 Å². The maximum atomic E-state index is 6.18. The number of likely N-dealkylation sites (tertiary alicyclic amines) is 1. The van der Waals surface area contributed by atoms with Crippen molar-refractivity contribution < 1.29 is 15.7 Å². The van der Waals surface area contributed by atoms with Crippen molar-refractivity contribution in [2.24, 2.45) is 11.8 Å². The minimum Gasteiger partial charge on any atom is -0.412 e. The van der Waals surface area contributed by atoms with Gasteiger partial charge in [-0.2, -0.15) is 0 Å². The van der Waals surface area contributed by atoms with E-state index in [4.69, 9.17) is 16.3 Å². The molecule has 0 aromatic rings. The van der Waals surface area contributed by atoms with E-state index >= 15 is 0 Å². The topological polar surface area (TPSA) is 87.5 Å². The van der Waals surface area contributed by atoms with Gasteiger partial charge in [0.2, 0.25) is 0 Å². The van der Waals surface area contributed by atoms with Gasteiger partial charge >= 0.3 is 0 Å². The van der Waals surface area contributed by atoms with Crippen LogP contribution < -0.4 is 5.32 Å². The molecule has 1 saturated heterocycles. The number of allylic oxidation sites excluding steroid dienone is 5. The number of nitrogens with zero attached hydrogens (tertiary/aromatic N) is 1. The summed E-state index contributed by atoms with van der Waals surface area (Å²) < 4.78 is 5.38. The van der Waals surface area contributed by atoms with E-state index in [-0.39, 0.29) is 22.4 Å². The van der Waals surface area contributed by atoms with E-state index in [1.54, 1.807) is 7.11 Å². The highest BCUT2D eigenvalue weighted by Gasteiger charge is 2.25. The van der Waals surface area contributed by atoms with Crippen molar-refractivity contribution >= 4 is 11.6 Å². The van der Waals surface area contributed by atoms with Crippen molar-refractivity contribution in [3.63, 3.8) is 0 Å². The molecule has 0 aromatic heterocycles. The number of piperidine rings is 1. The van der Waals surface area contributed by atoms with Gasteiger partial charge in [0.05, 0.1) is 11.5 Å². The predicted molar refractivity (Wildman–Crippen MR) is 132 cm³/mol. The van der Waals surface area contributed by atoms with Crippen LogP contribution in [0.5, 0.6) is 0 Å². The molecule has 31 heavy (non-hydrogen) atoms. The molecule has 1 heterocycles. The molecular formula is C25H43ClN2O3. The number of methoxy groups -OCH3 is 1. The molecule has 5 N–H and O–H groups in total. The number of nitrogens with one attached hydrogen (secondary N) is 1. The monoisotopic (exact) mass is 454 g/mol. The lowest BCUT2D eigenvalue weighted by Crippen LogP contribution is -2.47. The SMILES string of the molecule is COC1C=CC(CCN[C@@H](CN2CCC(C3=CCC(Cl)C=C3)CC2)C(C)C)=CC1.O.O. The van der Waals surface area contributed by atoms with E-state index in [2.05, 4.69) is 60.5 Å². The van der Waals surface area contributed by atoms with Crippen molar-refractivity contribution in [1.29, 1.82) is 0 Å². The average Bonchev–Trinajstić information content (AvgIpc) is 2.74. The van der Waals surface area contributed by atoms with E-state index in [1.807, 2.05) is 0 Å². The zero-order chi connectivity index (χ0) is 20.6. The lowest BCUT2D eigenvalue weighted by molar-refractivity contribution is 0.142.